The number of rotatable bonds is 2. The van der Waals surface area contributed by atoms with Crippen molar-refractivity contribution in [3.63, 3.8) is 0 Å². The van der Waals surface area contributed by atoms with Crippen LogP contribution in [0.4, 0.5) is 0 Å². The number of carboxylic acid groups (broad SMARTS) is 1. The van der Waals surface area contributed by atoms with Gasteiger partial charge in [0.05, 0.1) is 24.4 Å². The second-order valence-corrected chi connectivity index (χ2v) is 4.08. The van der Waals surface area contributed by atoms with Crippen LogP contribution in [0, 0.1) is 0 Å². The zero-order valence-corrected chi connectivity index (χ0v) is 10.3. The molecule has 0 spiro atoms. The van der Waals surface area contributed by atoms with Crippen LogP contribution in [0.25, 0.3) is 5.52 Å². The van der Waals surface area contributed by atoms with Gasteiger partial charge >= 0.3 is 11.9 Å². The van der Waals surface area contributed by atoms with Crippen molar-refractivity contribution in [3.8, 4) is 0 Å². The molecule has 0 saturated carbocycles. The third kappa shape index (κ3) is 1.89. The van der Waals surface area contributed by atoms with E-state index in [1.165, 1.54) is 30.1 Å². The van der Waals surface area contributed by atoms with Gasteiger partial charge < -0.3 is 9.84 Å². The van der Waals surface area contributed by atoms with E-state index in [1.54, 1.807) is 0 Å². The average molecular weight is 299 g/mol. The second kappa shape index (κ2) is 4.17. The molecule has 2 aromatic heterocycles. The largest absolute Gasteiger partial charge is 0.478 e. The smallest absolute Gasteiger partial charge is 0.339 e. The van der Waals surface area contributed by atoms with Gasteiger partial charge in [-0.1, -0.05) is 0 Å². The van der Waals surface area contributed by atoms with Crippen LogP contribution >= 0.6 is 15.9 Å². The summed E-state index contributed by atoms with van der Waals surface area (Å²) in [5.41, 5.74) is 0.741. The summed E-state index contributed by atoms with van der Waals surface area (Å²) < 4.78 is 6.36. The quantitative estimate of drug-likeness (QED) is 0.852. The topological polar surface area (TPSA) is 80.9 Å². The normalized spacial score (nSPS) is 10.5. The number of hydrogen-bond donors (Lipinski definition) is 1. The van der Waals surface area contributed by atoms with Crippen molar-refractivity contribution >= 4 is 33.4 Å². The minimum Gasteiger partial charge on any atom is -0.478 e. The summed E-state index contributed by atoms with van der Waals surface area (Å²) in [5.74, 6) is -1.59. The Morgan fingerprint density at radius 1 is 1.53 bits per heavy atom. The first-order valence-corrected chi connectivity index (χ1v) is 5.32. The predicted octanol–water partition coefficient (Wildman–Crippen LogP) is 1.58. The summed E-state index contributed by atoms with van der Waals surface area (Å²) in [6.45, 7) is 0. The number of ether oxygens (including phenoxy) is 1. The van der Waals surface area contributed by atoms with Crippen molar-refractivity contribution in [2.75, 3.05) is 7.11 Å². The molecule has 2 rings (SSSR count). The summed E-state index contributed by atoms with van der Waals surface area (Å²) in [7, 11) is 1.27. The van der Waals surface area contributed by atoms with Gasteiger partial charge in [0.25, 0.3) is 0 Å². The van der Waals surface area contributed by atoms with Crippen LogP contribution in [0.3, 0.4) is 0 Å². The highest BCUT2D eigenvalue weighted by Crippen LogP contribution is 2.23. The number of carbonyl (C=O) groups is 2. The molecule has 6 nitrogen and oxygen atoms in total. The first kappa shape index (κ1) is 11.6. The highest BCUT2D eigenvalue weighted by Gasteiger charge is 2.16. The fourth-order valence-corrected chi connectivity index (χ4v) is 2.10. The SMILES string of the molecule is COC(=O)c1cc(Br)c2c(C(=O)O)cnn2c1. The number of aromatic nitrogens is 2. The highest BCUT2D eigenvalue weighted by molar-refractivity contribution is 9.10. The molecule has 0 saturated heterocycles. The molecule has 0 unspecified atom stereocenters. The zero-order chi connectivity index (χ0) is 12.6. The summed E-state index contributed by atoms with van der Waals surface area (Å²) >= 11 is 3.21. The van der Waals surface area contributed by atoms with E-state index in [4.69, 9.17) is 5.11 Å². The van der Waals surface area contributed by atoms with Crippen LogP contribution in [0.15, 0.2) is 22.9 Å². The maximum Gasteiger partial charge on any atom is 0.339 e. The molecular formula is C10H7BrN2O4. The monoisotopic (exact) mass is 298 g/mol. The molecule has 0 amide bonds. The molecule has 1 N–H and O–H groups in total. The van der Waals surface area contributed by atoms with Gasteiger partial charge in [0.15, 0.2) is 0 Å². The van der Waals surface area contributed by atoms with Crippen molar-refractivity contribution in [1.29, 1.82) is 0 Å². The minimum atomic E-state index is -1.08. The van der Waals surface area contributed by atoms with E-state index in [1.807, 2.05) is 0 Å². The predicted molar refractivity (Wildman–Crippen MR) is 61.2 cm³/mol. The Hall–Kier alpha value is -1.89. The molecule has 2 heterocycles. The lowest BCUT2D eigenvalue weighted by Crippen LogP contribution is -2.04. The van der Waals surface area contributed by atoms with Crippen molar-refractivity contribution in [2.24, 2.45) is 0 Å². The van der Waals surface area contributed by atoms with Crippen LogP contribution in [0.1, 0.15) is 20.7 Å². The molecule has 0 aromatic carbocycles. The molecule has 0 aliphatic rings. The maximum atomic E-state index is 11.3. The lowest BCUT2D eigenvalue weighted by atomic mass is 10.2. The Kier molecular flexibility index (Phi) is 2.84. The Morgan fingerprint density at radius 3 is 2.82 bits per heavy atom. The third-order valence-corrected chi connectivity index (χ3v) is 2.82. The van der Waals surface area contributed by atoms with Gasteiger partial charge in [-0.25, -0.2) is 14.1 Å². The molecule has 2 aromatic rings. The van der Waals surface area contributed by atoms with E-state index < -0.39 is 11.9 Å². The van der Waals surface area contributed by atoms with Gasteiger partial charge in [-0.15, -0.1) is 0 Å². The van der Waals surface area contributed by atoms with Crippen LogP contribution in [0.2, 0.25) is 0 Å². The molecular weight excluding hydrogens is 292 g/mol. The van der Waals surface area contributed by atoms with Crippen LogP contribution in [-0.2, 0) is 4.74 Å². The van der Waals surface area contributed by atoms with Crippen molar-refractivity contribution in [1.82, 2.24) is 9.61 Å². The Bertz CT molecular complexity index is 620. The highest BCUT2D eigenvalue weighted by atomic mass is 79.9. The molecule has 0 aliphatic heterocycles. The number of nitrogens with zero attached hydrogens (tertiary/aromatic N) is 2. The number of pyridine rings is 1. The van der Waals surface area contributed by atoms with Gasteiger partial charge in [-0.3, -0.25) is 0 Å². The van der Waals surface area contributed by atoms with Crippen molar-refractivity contribution < 1.29 is 19.4 Å². The number of fused-ring (bicyclic) bond motifs is 1. The molecule has 0 bridgehead atoms. The third-order valence-electron chi connectivity index (χ3n) is 2.22. The average Bonchev–Trinajstić information content (AvgIpc) is 2.72. The number of esters is 1. The van der Waals surface area contributed by atoms with E-state index in [-0.39, 0.29) is 11.1 Å². The first-order valence-electron chi connectivity index (χ1n) is 4.53. The van der Waals surface area contributed by atoms with Gasteiger partial charge in [0.1, 0.15) is 5.56 Å². The Labute approximate surface area is 104 Å². The summed E-state index contributed by atoms with van der Waals surface area (Å²) in [6.07, 6.45) is 2.64. The van der Waals surface area contributed by atoms with Crippen molar-refractivity contribution in [3.05, 3.63) is 34.1 Å². The zero-order valence-electron chi connectivity index (χ0n) is 8.68. The molecule has 0 fully saturated rings. The minimum absolute atomic E-state index is 0.0632. The standard InChI is InChI=1S/C10H7BrN2O4/c1-17-10(16)5-2-7(11)8-6(9(14)15)3-12-13(8)4-5/h2-4H,1H3,(H,14,15). The Morgan fingerprint density at radius 2 is 2.24 bits per heavy atom. The molecule has 88 valence electrons. The van der Waals surface area contributed by atoms with E-state index in [0.29, 0.717) is 9.99 Å². The van der Waals surface area contributed by atoms with Crippen LogP contribution in [-0.4, -0.2) is 33.8 Å². The first-order chi connectivity index (χ1) is 8.04. The molecule has 0 atom stereocenters. The molecule has 0 aliphatic carbocycles. The van der Waals surface area contributed by atoms with Gasteiger partial charge in [-0.05, 0) is 22.0 Å². The Balaban J connectivity index is 2.69. The van der Waals surface area contributed by atoms with Crippen LogP contribution in [0.5, 0.6) is 0 Å². The lowest BCUT2D eigenvalue weighted by molar-refractivity contribution is 0.0599. The summed E-state index contributed by atoms with van der Waals surface area (Å²) in [4.78, 5) is 22.3. The summed E-state index contributed by atoms with van der Waals surface area (Å²) in [5, 5.41) is 12.8. The van der Waals surface area contributed by atoms with E-state index >= 15 is 0 Å². The summed E-state index contributed by atoms with van der Waals surface area (Å²) in [6, 6.07) is 1.50. The fourth-order valence-electron chi connectivity index (χ4n) is 1.46. The molecule has 17 heavy (non-hydrogen) atoms. The number of methoxy groups -OCH3 is 1. The van der Waals surface area contributed by atoms with E-state index in [9.17, 15) is 9.59 Å². The number of halogens is 1. The van der Waals surface area contributed by atoms with Gasteiger partial charge in [0, 0.05) is 10.7 Å². The second-order valence-electron chi connectivity index (χ2n) is 3.22. The van der Waals surface area contributed by atoms with Gasteiger partial charge in [0.2, 0.25) is 0 Å². The molecule has 0 radical (unpaired) electrons. The number of hydrogen-bond acceptors (Lipinski definition) is 4. The number of carbonyl (C=O) groups excluding carboxylic acids is 1. The van der Waals surface area contributed by atoms with Crippen molar-refractivity contribution in [2.45, 2.75) is 0 Å². The molecule has 7 heteroatoms. The van der Waals surface area contributed by atoms with Gasteiger partial charge in [-0.2, -0.15) is 5.10 Å². The van der Waals surface area contributed by atoms with E-state index in [0.717, 1.165) is 0 Å². The number of carboxylic acids is 1. The van der Waals surface area contributed by atoms with E-state index in [2.05, 4.69) is 25.8 Å². The lowest BCUT2D eigenvalue weighted by Gasteiger charge is -2.03. The fraction of sp³-hybridized carbons (Fsp3) is 0.100. The number of aromatic carboxylic acids is 1. The van der Waals surface area contributed by atoms with Crippen LogP contribution < -0.4 is 0 Å². The maximum absolute atomic E-state index is 11.3.